The number of ether oxygens (including phenoxy) is 1. The largest absolute Gasteiger partial charge is 0.497 e. The zero-order valence-corrected chi connectivity index (χ0v) is 9.48. The molecule has 0 unspecified atom stereocenters. The van der Waals surface area contributed by atoms with Gasteiger partial charge in [-0.3, -0.25) is 14.5 Å². The highest BCUT2D eigenvalue weighted by molar-refractivity contribution is 6.21. The molecule has 4 nitrogen and oxygen atoms in total. The third kappa shape index (κ3) is 1.38. The molecule has 4 heteroatoms. The zero-order chi connectivity index (χ0) is 11.9. The van der Waals surface area contributed by atoms with E-state index in [-0.39, 0.29) is 17.9 Å². The second-order valence-corrected chi connectivity index (χ2v) is 3.99. The van der Waals surface area contributed by atoms with Crippen molar-refractivity contribution in [3.05, 3.63) is 29.3 Å². The van der Waals surface area contributed by atoms with Crippen molar-refractivity contribution in [2.24, 2.45) is 0 Å². The molecular formula is C12H13NO3. The van der Waals surface area contributed by atoms with Gasteiger partial charge in [0.25, 0.3) is 11.8 Å². The first kappa shape index (κ1) is 10.7. The van der Waals surface area contributed by atoms with E-state index < -0.39 is 0 Å². The molecule has 2 rings (SSSR count). The van der Waals surface area contributed by atoms with E-state index in [2.05, 4.69) is 0 Å². The lowest BCUT2D eigenvalue weighted by Gasteiger charge is -2.17. The predicted molar refractivity (Wildman–Crippen MR) is 58.6 cm³/mol. The molecule has 0 radical (unpaired) electrons. The first-order valence-electron chi connectivity index (χ1n) is 5.12. The Labute approximate surface area is 93.8 Å². The van der Waals surface area contributed by atoms with Crippen molar-refractivity contribution in [3.63, 3.8) is 0 Å². The summed E-state index contributed by atoms with van der Waals surface area (Å²) in [6.07, 6.45) is 0. The Hall–Kier alpha value is -1.84. The minimum absolute atomic E-state index is 0.126. The average Bonchev–Trinajstić information content (AvgIpc) is 2.51. The number of benzene rings is 1. The minimum Gasteiger partial charge on any atom is -0.497 e. The van der Waals surface area contributed by atoms with Crippen LogP contribution in [0.3, 0.4) is 0 Å². The van der Waals surface area contributed by atoms with Crippen molar-refractivity contribution in [3.8, 4) is 5.75 Å². The molecule has 0 saturated heterocycles. The second-order valence-electron chi connectivity index (χ2n) is 3.99. The smallest absolute Gasteiger partial charge is 0.261 e. The first-order valence-corrected chi connectivity index (χ1v) is 5.12. The van der Waals surface area contributed by atoms with Gasteiger partial charge >= 0.3 is 0 Å². The van der Waals surface area contributed by atoms with Crippen LogP contribution in [0.1, 0.15) is 34.6 Å². The van der Waals surface area contributed by atoms with Crippen LogP contribution in [0, 0.1) is 0 Å². The molecule has 0 N–H and O–H groups in total. The number of fused-ring (bicyclic) bond motifs is 1. The van der Waals surface area contributed by atoms with Crippen molar-refractivity contribution >= 4 is 11.8 Å². The number of carbonyl (C=O) groups is 2. The summed E-state index contributed by atoms with van der Waals surface area (Å²) in [4.78, 5) is 25.1. The third-order valence-corrected chi connectivity index (χ3v) is 2.64. The molecule has 1 aromatic carbocycles. The number of carbonyl (C=O) groups excluding carboxylic acids is 2. The fourth-order valence-electron chi connectivity index (χ4n) is 1.83. The summed E-state index contributed by atoms with van der Waals surface area (Å²) in [5.74, 6) is 0.122. The van der Waals surface area contributed by atoms with E-state index >= 15 is 0 Å². The van der Waals surface area contributed by atoms with E-state index in [4.69, 9.17) is 4.74 Å². The van der Waals surface area contributed by atoms with Crippen molar-refractivity contribution in [2.45, 2.75) is 19.9 Å². The summed E-state index contributed by atoms with van der Waals surface area (Å²) in [5, 5.41) is 0. The molecule has 0 fully saturated rings. The highest BCUT2D eigenvalue weighted by Crippen LogP contribution is 2.27. The lowest BCUT2D eigenvalue weighted by molar-refractivity contribution is 0.0609. The van der Waals surface area contributed by atoms with E-state index in [1.165, 1.54) is 12.0 Å². The molecule has 0 aliphatic carbocycles. The molecule has 0 saturated carbocycles. The molecule has 0 aromatic heterocycles. The molecule has 16 heavy (non-hydrogen) atoms. The number of hydrogen-bond donors (Lipinski definition) is 0. The number of hydrogen-bond acceptors (Lipinski definition) is 3. The maximum Gasteiger partial charge on any atom is 0.261 e. The Morgan fingerprint density at radius 2 is 1.75 bits per heavy atom. The summed E-state index contributed by atoms with van der Waals surface area (Å²) in [6.45, 7) is 3.64. The van der Waals surface area contributed by atoms with E-state index in [0.717, 1.165) is 0 Å². The Kier molecular flexibility index (Phi) is 2.42. The number of amides is 2. The van der Waals surface area contributed by atoms with Crippen LogP contribution in [0.5, 0.6) is 5.75 Å². The van der Waals surface area contributed by atoms with Crippen LogP contribution in [0.25, 0.3) is 0 Å². The van der Waals surface area contributed by atoms with Crippen LogP contribution >= 0.6 is 0 Å². The van der Waals surface area contributed by atoms with Gasteiger partial charge in [0.1, 0.15) is 5.75 Å². The Balaban J connectivity index is 2.51. The van der Waals surface area contributed by atoms with Crippen LogP contribution in [0.2, 0.25) is 0 Å². The Morgan fingerprint density at radius 3 is 2.31 bits per heavy atom. The fourth-order valence-corrected chi connectivity index (χ4v) is 1.83. The Bertz CT molecular complexity index is 465. The maximum atomic E-state index is 12.0. The molecule has 0 bridgehead atoms. The summed E-state index contributed by atoms with van der Waals surface area (Å²) in [5.41, 5.74) is 0.887. The second kappa shape index (κ2) is 3.63. The molecule has 1 aromatic rings. The van der Waals surface area contributed by atoms with Crippen LogP contribution < -0.4 is 4.74 Å². The molecule has 0 spiro atoms. The van der Waals surface area contributed by atoms with Gasteiger partial charge in [-0.15, -0.1) is 0 Å². The van der Waals surface area contributed by atoms with Gasteiger partial charge in [0.2, 0.25) is 0 Å². The lowest BCUT2D eigenvalue weighted by atomic mass is 10.1. The fraction of sp³-hybridized carbons (Fsp3) is 0.333. The molecular weight excluding hydrogens is 206 g/mol. The van der Waals surface area contributed by atoms with Crippen molar-refractivity contribution in [2.75, 3.05) is 7.11 Å². The van der Waals surface area contributed by atoms with Crippen molar-refractivity contribution in [1.82, 2.24) is 4.90 Å². The van der Waals surface area contributed by atoms with Crippen LogP contribution in [0.15, 0.2) is 18.2 Å². The number of nitrogens with zero attached hydrogens (tertiary/aromatic N) is 1. The molecule has 1 heterocycles. The predicted octanol–water partition coefficient (Wildman–Crippen LogP) is 1.70. The molecule has 0 atom stereocenters. The van der Waals surface area contributed by atoms with Gasteiger partial charge < -0.3 is 4.74 Å². The van der Waals surface area contributed by atoms with E-state index in [1.54, 1.807) is 18.2 Å². The van der Waals surface area contributed by atoms with Gasteiger partial charge in [-0.25, -0.2) is 0 Å². The zero-order valence-electron chi connectivity index (χ0n) is 9.48. The van der Waals surface area contributed by atoms with E-state index in [9.17, 15) is 9.59 Å². The van der Waals surface area contributed by atoms with Crippen LogP contribution in [0.4, 0.5) is 0 Å². The van der Waals surface area contributed by atoms with Gasteiger partial charge in [-0.05, 0) is 32.0 Å². The SMILES string of the molecule is COc1ccc2c(c1)C(=O)N(C(C)C)C2=O. The van der Waals surface area contributed by atoms with Crippen LogP contribution in [-0.4, -0.2) is 29.9 Å². The molecule has 84 valence electrons. The molecule has 1 aliphatic heterocycles. The third-order valence-electron chi connectivity index (χ3n) is 2.64. The first-order chi connectivity index (χ1) is 7.56. The Morgan fingerprint density at radius 1 is 1.12 bits per heavy atom. The monoisotopic (exact) mass is 219 g/mol. The van der Waals surface area contributed by atoms with Crippen LogP contribution in [-0.2, 0) is 0 Å². The minimum atomic E-state index is -0.242. The number of rotatable bonds is 2. The summed E-state index contributed by atoms with van der Waals surface area (Å²) in [6, 6.07) is 4.81. The maximum absolute atomic E-state index is 12.0. The summed E-state index contributed by atoms with van der Waals surface area (Å²) < 4.78 is 5.04. The molecule has 2 amide bonds. The quantitative estimate of drug-likeness (QED) is 0.711. The van der Waals surface area contributed by atoms with E-state index in [1.807, 2.05) is 13.8 Å². The van der Waals surface area contributed by atoms with Gasteiger partial charge in [0, 0.05) is 6.04 Å². The standard InChI is InChI=1S/C12H13NO3/c1-7(2)13-11(14)9-5-4-8(16-3)6-10(9)12(13)15/h4-7H,1-3H3. The van der Waals surface area contributed by atoms with Crippen molar-refractivity contribution in [1.29, 1.82) is 0 Å². The highest BCUT2D eigenvalue weighted by Gasteiger charge is 2.37. The highest BCUT2D eigenvalue weighted by atomic mass is 16.5. The molecule has 1 aliphatic rings. The average molecular weight is 219 g/mol. The van der Waals surface area contributed by atoms with Gasteiger partial charge in [-0.1, -0.05) is 0 Å². The van der Waals surface area contributed by atoms with Gasteiger partial charge in [0.05, 0.1) is 18.2 Å². The van der Waals surface area contributed by atoms with Gasteiger partial charge in [-0.2, -0.15) is 0 Å². The van der Waals surface area contributed by atoms with Crippen molar-refractivity contribution < 1.29 is 14.3 Å². The number of methoxy groups -OCH3 is 1. The summed E-state index contributed by atoms with van der Waals surface area (Å²) in [7, 11) is 1.53. The topological polar surface area (TPSA) is 46.6 Å². The van der Waals surface area contributed by atoms with Gasteiger partial charge in [0.15, 0.2) is 0 Å². The number of imide groups is 1. The summed E-state index contributed by atoms with van der Waals surface area (Å²) >= 11 is 0. The van der Waals surface area contributed by atoms with E-state index in [0.29, 0.717) is 16.9 Å². The normalized spacial score (nSPS) is 14.6. The lowest BCUT2D eigenvalue weighted by Crippen LogP contribution is -2.35.